The molecule has 0 aromatic carbocycles. The molecule has 5 heteroatoms. The Balaban J connectivity index is -0.0000000533. The molecule has 0 aliphatic rings. The molecule has 0 saturated heterocycles. The summed E-state index contributed by atoms with van der Waals surface area (Å²) in [5.41, 5.74) is 0. The molecule has 0 aromatic heterocycles. The Morgan fingerprint density at radius 2 is 1.36 bits per heavy atom. The molecule has 0 amide bonds. The number of carbonyl (C=O) groups excluding carboxylic acids is 2. The maximum Gasteiger partial charge on any atom is 1.00 e. The van der Waals surface area contributed by atoms with Crippen molar-refractivity contribution in [2.75, 3.05) is 0 Å². The van der Waals surface area contributed by atoms with Crippen molar-refractivity contribution < 1.29 is 76.3 Å². The molecule has 0 N–H and O–H groups in total. The molecular formula is C6H12Na2O3. The molecule has 0 aliphatic carbocycles. The standard InChI is InChI=1S/C6H10O3.2Na.2H/c1-3-5(7)9-6(8)4-2;;;;/h3-4H2,1-2H3;;;;/q;2*+1;2*-1. The minimum absolute atomic E-state index is 0. The molecule has 0 saturated carbocycles. The van der Waals surface area contributed by atoms with Crippen molar-refractivity contribution in [2.24, 2.45) is 0 Å². The van der Waals surface area contributed by atoms with Crippen LogP contribution in [0.4, 0.5) is 0 Å². The monoisotopic (exact) mass is 178 g/mol. The summed E-state index contributed by atoms with van der Waals surface area (Å²) in [5.74, 6) is -0.913. The molecule has 0 aliphatic heterocycles. The molecule has 56 valence electrons. The second-order valence-electron chi connectivity index (χ2n) is 1.55. The second-order valence-corrected chi connectivity index (χ2v) is 1.55. The molecule has 0 heterocycles. The van der Waals surface area contributed by atoms with Crippen LogP contribution in [0.1, 0.15) is 29.5 Å². The summed E-state index contributed by atoms with van der Waals surface area (Å²) in [7, 11) is 0. The number of rotatable bonds is 2. The van der Waals surface area contributed by atoms with E-state index in [1.807, 2.05) is 0 Å². The van der Waals surface area contributed by atoms with Crippen LogP contribution in [0.25, 0.3) is 0 Å². The first-order chi connectivity index (χ1) is 4.20. The van der Waals surface area contributed by atoms with Crippen molar-refractivity contribution in [1.29, 1.82) is 0 Å². The van der Waals surface area contributed by atoms with Gasteiger partial charge in [-0.2, -0.15) is 0 Å². The van der Waals surface area contributed by atoms with Crippen LogP contribution >= 0.6 is 0 Å². The van der Waals surface area contributed by atoms with Gasteiger partial charge in [0.05, 0.1) is 0 Å². The Morgan fingerprint density at radius 1 is 1.09 bits per heavy atom. The van der Waals surface area contributed by atoms with E-state index in [1.165, 1.54) is 0 Å². The Hall–Kier alpha value is 1.14. The zero-order valence-corrected chi connectivity index (χ0v) is 11.6. The number of carbonyl (C=O) groups is 2. The fourth-order valence-corrected chi connectivity index (χ4v) is 0.271. The first-order valence-corrected chi connectivity index (χ1v) is 2.94. The van der Waals surface area contributed by atoms with Crippen molar-refractivity contribution in [1.82, 2.24) is 0 Å². The smallest absolute Gasteiger partial charge is 1.00 e. The van der Waals surface area contributed by atoms with Crippen molar-refractivity contribution in [3.63, 3.8) is 0 Å². The van der Waals surface area contributed by atoms with Gasteiger partial charge in [0.1, 0.15) is 0 Å². The van der Waals surface area contributed by atoms with Gasteiger partial charge >= 0.3 is 71.1 Å². The molecule has 0 bridgehead atoms. The topological polar surface area (TPSA) is 43.4 Å². The van der Waals surface area contributed by atoms with Crippen molar-refractivity contribution in [3.05, 3.63) is 0 Å². The Kier molecular flexibility index (Phi) is 18.3. The van der Waals surface area contributed by atoms with Crippen molar-refractivity contribution in [2.45, 2.75) is 26.7 Å². The SMILES string of the molecule is CCC(=O)OC(=O)CC.[H-].[H-].[Na+].[Na+]. The van der Waals surface area contributed by atoms with Gasteiger partial charge < -0.3 is 7.59 Å². The normalized spacial score (nSPS) is 7.09. The minimum Gasteiger partial charge on any atom is -1.00 e. The van der Waals surface area contributed by atoms with Crippen molar-refractivity contribution >= 4 is 11.9 Å². The molecular weight excluding hydrogens is 166 g/mol. The summed E-state index contributed by atoms with van der Waals surface area (Å²) >= 11 is 0. The van der Waals surface area contributed by atoms with E-state index < -0.39 is 11.9 Å². The largest absolute Gasteiger partial charge is 1.00 e. The molecule has 0 radical (unpaired) electrons. The average Bonchev–Trinajstić information content (AvgIpc) is 1.87. The van der Waals surface area contributed by atoms with Gasteiger partial charge in [0.15, 0.2) is 0 Å². The van der Waals surface area contributed by atoms with Crippen LogP contribution in [-0.4, -0.2) is 11.9 Å². The Labute approximate surface area is 114 Å². The van der Waals surface area contributed by atoms with Crippen LogP contribution in [0, 0.1) is 0 Å². The summed E-state index contributed by atoms with van der Waals surface area (Å²) in [6.45, 7) is 3.29. The van der Waals surface area contributed by atoms with E-state index in [1.54, 1.807) is 13.8 Å². The van der Waals surface area contributed by atoms with Crippen LogP contribution in [0.3, 0.4) is 0 Å². The Morgan fingerprint density at radius 3 is 1.55 bits per heavy atom. The Bertz CT molecular complexity index is 119. The van der Waals surface area contributed by atoms with E-state index in [4.69, 9.17) is 0 Å². The molecule has 3 nitrogen and oxygen atoms in total. The molecule has 0 spiro atoms. The molecule has 0 rings (SSSR count). The van der Waals surface area contributed by atoms with E-state index >= 15 is 0 Å². The van der Waals surface area contributed by atoms with Gasteiger partial charge in [0.2, 0.25) is 0 Å². The third-order valence-corrected chi connectivity index (χ3v) is 0.805. The summed E-state index contributed by atoms with van der Waals surface area (Å²) in [6.07, 6.45) is 0.511. The zero-order chi connectivity index (χ0) is 7.28. The van der Waals surface area contributed by atoms with E-state index in [-0.39, 0.29) is 74.8 Å². The fourth-order valence-electron chi connectivity index (χ4n) is 0.271. The molecule has 0 fully saturated rings. The van der Waals surface area contributed by atoms with Crippen molar-refractivity contribution in [3.8, 4) is 0 Å². The maximum absolute atomic E-state index is 10.3. The van der Waals surface area contributed by atoms with Gasteiger partial charge in [-0.25, -0.2) is 0 Å². The third-order valence-electron chi connectivity index (χ3n) is 0.805. The summed E-state index contributed by atoms with van der Waals surface area (Å²) in [6, 6.07) is 0. The summed E-state index contributed by atoms with van der Waals surface area (Å²) in [5, 5.41) is 0. The maximum atomic E-state index is 10.3. The third kappa shape index (κ3) is 11.1. The van der Waals surface area contributed by atoms with E-state index in [0.717, 1.165) is 0 Å². The molecule has 0 unspecified atom stereocenters. The van der Waals surface area contributed by atoms with E-state index in [2.05, 4.69) is 4.74 Å². The van der Waals surface area contributed by atoms with Gasteiger partial charge in [0.25, 0.3) is 0 Å². The van der Waals surface area contributed by atoms with Crippen LogP contribution in [0.5, 0.6) is 0 Å². The molecule has 0 atom stereocenters. The van der Waals surface area contributed by atoms with Gasteiger partial charge in [-0.15, -0.1) is 0 Å². The fraction of sp³-hybridized carbons (Fsp3) is 0.667. The molecule has 0 aromatic rings. The predicted octanol–water partition coefficient (Wildman–Crippen LogP) is -4.89. The minimum atomic E-state index is -0.457. The summed E-state index contributed by atoms with van der Waals surface area (Å²) in [4.78, 5) is 20.7. The number of ether oxygens (including phenoxy) is 1. The second kappa shape index (κ2) is 11.1. The molecule has 11 heavy (non-hydrogen) atoms. The van der Waals surface area contributed by atoms with Gasteiger partial charge in [-0.3, -0.25) is 9.59 Å². The summed E-state index contributed by atoms with van der Waals surface area (Å²) < 4.78 is 4.27. The van der Waals surface area contributed by atoms with Crippen LogP contribution < -0.4 is 59.1 Å². The first-order valence-electron chi connectivity index (χ1n) is 2.94. The predicted molar refractivity (Wildman–Crippen MR) is 33.9 cm³/mol. The van der Waals surface area contributed by atoms with Gasteiger partial charge in [-0.1, -0.05) is 13.8 Å². The van der Waals surface area contributed by atoms with Crippen LogP contribution in [-0.2, 0) is 14.3 Å². The number of hydrogen-bond acceptors (Lipinski definition) is 3. The van der Waals surface area contributed by atoms with Gasteiger partial charge in [-0.05, 0) is 0 Å². The van der Waals surface area contributed by atoms with E-state index in [9.17, 15) is 9.59 Å². The zero-order valence-electron chi connectivity index (χ0n) is 9.64. The number of esters is 2. The van der Waals surface area contributed by atoms with Crippen LogP contribution in [0.2, 0.25) is 0 Å². The van der Waals surface area contributed by atoms with E-state index in [0.29, 0.717) is 0 Å². The quantitative estimate of drug-likeness (QED) is 0.242. The number of hydrogen-bond donors (Lipinski definition) is 0. The average molecular weight is 178 g/mol. The van der Waals surface area contributed by atoms with Gasteiger partial charge in [0, 0.05) is 12.8 Å². The first kappa shape index (κ1) is 18.0. The van der Waals surface area contributed by atoms with Crippen LogP contribution in [0.15, 0.2) is 0 Å².